The number of para-hydroxylation sites is 1. The SMILES string of the molecule is Cc1ccc(Cn2cnnc2CN(CCc2ccc(Br)cc2)Cc2ccc3ccccc3n2)cc1. The fourth-order valence-electron chi connectivity index (χ4n) is 4.20. The van der Waals surface area contributed by atoms with E-state index >= 15 is 0 Å². The smallest absolute Gasteiger partial charge is 0.147 e. The number of benzene rings is 3. The molecular weight excluding hydrogens is 498 g/mol. The van der Waals surface area contributed by atoms with Crippen LogP contribution in [-0.4, -0.2) is 31.2 Å². The van der Waals surface area contributed by atoms with Gasteiger partial charge in [-0.3, -0.25) is 9.88 Å². The minimum Gasteiger partial charge on any atom is -0.312 e. The van der Waals surface area contributed by atoms with E-state index in [1.54, 1.807) is 0 Å². The van der Waals surface area contributed by atoms with Gasteiger partial charge in [0.15, 0.2) is 0 Å². The van der Waals surface area contributed by atoms with Crippen molar-refractivity contribution in [3.63, 3.8) is 0 Å². The molecule has 0 amide bonds. The lowest BCUT2D eigenvalue weighted by atomic mass is 10.1. The van der Waals surface area contributed by atoms with Crippen molar-refractivity contribution in [1.82, 2.24) is 24.6 Å². The van der Waals surface area contributed by atoms with Gasteiger partial charge in [0.1, 0.15) is 12.2 Å². The van der Waals surface area contributed by atoms with Gasteiger partial charge in [-0.1, -0.05) is 82.2 Å². The van der Waals surface area contributed by atoms with Crippen LogP contribution in [0.5, 0.6) is 0 Å². The molecule has 3 aromatic carbocycles. The Morgan fingerprint density at radius 2 is 1.60 bits per heavy atom. The van der Waals surface area contributed by atoms with Crippen LogP contribution in [-0.2, 0) is 26.1 Å². The molecule has 0 saturated carbocycles. The first-order valence-electron chi connectivity index (χ1n) is 11.9. The first-order chi connectivity index (χ1) is 17.1. The van der Waals surface area contributed by atoms with E-state index in [1.165, 1.54) is 16.7 Å². The molecule has 0 atom stereocenters. The average molecular weight is 526 g/mol. The number of hydrogen-bond donors (Lipinski definition) is 0. The van der Waals surface area contributed by atoms with Crippen molar-refractivity contribution in [1.29, 1.82) is 0 Å². The van der Waals surface area contributed by atoms with Gasteiger partial charge in [0.05, 0.1) is 24.3 Å². The number of nitrogens with zero attached hydrogens (tertiary/aromatic N) is 5. The highest BCUT2D eigenvalue weighted by molar-refractivity contribution is 9.10. The third kappa shape index (κ3) is 6.21. The van der Waals surface area contributed by atoms with E-state index in [9.17, 15) is 0 Å². The average Bonchev–Trinajstić information content (AvgIpc) is 3.31. The summed E-state index contributed by atoms with van der Waals surface area (Å²) in [7, 11) is 0. The van der Waals surface area contributed by atoms with E-state index in [0.717, 1.165) is 52.9 Å². The van der Waals surface area contributed by atoms with Gasteiger partial charge in [0, 0.05) is 22.9 Å². The van der Waals surface area contributed by atoms with Crippen LogP contribution in [0.25, 0.3) is 10.9 Å². The largest absolute Gasteiger partial charge is 0.312 e. The Morgan fingerprint density at radius 3 is 2.43 bits per heavy atom. The fraction of sp³-hybridized carbons (Fsp3) is 0.207. The van der Waals surface area contributed by atoms with E-state index < -0.39 is 0 Å². The second kappa shape index (κ2) is 10.9. The molecule has 0 N–H and O–H groups in total. The summed E-state index contributed by atoms with van der Waals surface area (Å²) in [5, 5.41) is 9.87. The molecule has 0 aliphatic heterocycles. The third-order valence-electron chi connectivity index (χ3n) is 6.21. The summed E-state index contributed by atoms with van der Waals surface area (Å²) in [6.45, 7) is 5.22. The summed E-state index contributed by atoms with van der Waals surface area (Å²) in [6, 6.07) is 29.7. The lowest BCUT2D eigenvalue weighted by Crippen LogP contribution is -2.27. The van der Waals surface area contributed by atoms with Crippen LogP contribution in [0.1, 0.15) is 28.2 Å². The predicted octanol–water partition coefficient (Wildman–Crippen LogP) is 6.19. The number of hydrogen-bond acceptors (Lipinski definition) is 4. The zero-order valence-corrected chi connectivity index (χ0v) is 21.4. The van der Waals surface area contributed by atoms with Crippen LogP contribution in [0.3, 0.4) is 0 Å². The molecule has 0 aliphatic carbocycles. The first-order valence-corrected chi connectivity index (χ1v) is 12.7. The zero-order chi connectivity index (χ0) is 24.0. The van der Waals surface area contributed by atoms with Gasteiger partial charge < -0.3 is 4.57 Å². The Kier molecular flexibility index (Phi) is 7.31. The van der Waals surface area contributed by atoms with Crippen molar-refractivity contribution in [2.45, 2.75) is 33.0 Å². The van der Waals surface area contributed by atoms with Crippen molar-refractivity contribution in [3.8, 4) is 0 Å². The second-order valence-electron chi connectivity index (χ2n) is 8.94. The molecule has 5 aromatic rings. The lowest BCUT2D eigenvalue weighted by Gasteiger charge is -2.22. The van der Waals surface area contributed by atoms with Crippen LogP contribution in [0.15, 0.2) is 95.7 Å². The first kappa shape index (κ1) is 23.4. The summed E-state index contributed by atoms with van der Waals surface area (Å²) >= 11 is 3.53. The minimum absolute atomic E-state index is 0.705. The third-order valence-corrected chi connectivity index (χ3v) is 6.73. The van der Waals surface area contributed by atoms with Crippen LogP contribution in [0.4, 0.5) is 0 Å². The summed E-state index contributed by atoms with van der Waals surface area (Å²) in [4.78, 5) is 7.33. The Bertz CT molecular complexity index is 1390. The molecule has 0 aliphatic rings. The van der Waals surface area contributed by atoms with Gasteiger partial charge >= 0.3 is 0 Å². The van der Waals surface area contributed by atoms with Gasteiger partial charge in [-0.05, 0) is 48.7 Å². The van der Waals surface area contributed by atoms with Crippen LogP contribution in [0.2, 0.25) is 0 Å². The summed E-state index contributed by atoms with van der Waals surface area (Å²) in [5.41, 5.74) is 5.91. The molecule has 0 fully saturated rings. The molecule has 0 radical (unpaired) electrons. The molecule has 6 heteroatoms. The number of rotatable bonds is 9. The van der Waals surface area contributed by atoms with Crippen molar-refractivity contribution in [2.24, 2.45) is 0 Å². The normalized spacial score (nSPS) is 11.4. The lowest BCUT2D eigenvalue weighted by molar-refractivity contribution is 0.247. The van der Waals surface area contributed by atoms with Crippen molar-refractivity contribution < 1.29 is 0 Å². The summed E-state index contributed by atoms with van der Waals surface area (Å²) in [6.07, 6.45) is 2.78. The molecule has 176 valence electrons. The van der Waals surface area contributed by atoms with Crippen molar-refractivity contribution in [3.05, 3.63) is 124 Å². The maximum Gasteiger partial charge on any atom is 0.147 e. The summed E-state index contributed by atoms with van der Waals surface area (Å²) in [5.74, 6) is 0.960. The van der Waals surface area contributed by atoms with Crippen molar-refractivity contribution >= 4 is 26.8 Å². The van der Waals surface area contributed by atoms with E-state index in [4.69, 9.17) is 4.98 Å². The Labute approximate surface area is 214 Å². The molecule has 5 rings (SSSR count). The number of fused-ring (bicyclic) bond motifs is 1. The van der Waals surface area contributed by atoms with E-state index in [1.807, 2.05) is 12.4 Å². The van der Waals surface area contributed by atoms with Gasteiger partial charge in [0.25, 0.3) is 0 Å². The van der Waals surface area contributed by atoms with E-state index in [-0.39, 0.29) is 0 Å². The zero-order valence-electron chi connectivity index (χ0n) is 19.8. The molecular formula is C29H28BrN5. The van der Waals surface area contributed by atoms with Gasteiger partial charge in [0.2, 0.25) is 0 Å². The second-order valence-corrected chi connectivity index (χ2v) is 9.86. The highest BCUT2D eigenvalue weighted by Gasteiger charge is 2.14. The fourth-order valence-corrected chi connectivity index (χ4v) is 4.47. The van der Waals surface area contributed by atoms with Crippen LogP contribution >= 0.6 is 15.9 Å². The summed E-state index contributed by atoms with van der Waals surface area (Å²) < 4.78 is 3.24. The minimum atomic E-state index is 0.705. The molecule has 35 heavy (non-hydrogen) atoms. The Morgan fingerprint density at radius 1 is 0.829 bits per heavy atom. The molecule has 0 unspecified atom stereocenters. The van der Waals surface area contributed by atoms with Gasteiger partial charge in [-0.15, -0.1) is 10.2 Å². The van der Waals surface area contributed by atoms with Gasteiger partial charge in [-0.2, -0.15) is 0 Å². The van der Waals surface area contributed by atoms with Gasteiger partial charge in [-0.25, -0.2) is 0 Å². The number of halogens is 1. The molecule has 0 bridgehead atoms. The van der Waals surface area contributed by atoms with E-state index in [0.29, 0.717) is 6.54 Å². The number of aryl methyl sites for hydroxylation is 1. The van der Waals surface area contributed by atoms with Crippen LogP contribution < -0.4 is 0 Å². The Hall–Kier alpha value is -3.35. The molecule has 5 nitrogen and oxygen atoms in total. The maximum atomic E-state index is 4.92. The quantitative estimate of drug-likeness (QED) is 0.230. The molecule has 2 heterocycles. The highest BCUT2D eigenvalue weighted by atomic mass is 79.9. The topological polar surface area (TPSA) is 46.8 Å². The molecule has 0 spiro atoms. The number of pyridine rings is 1. The monoisotopic (exact) mass is 525 g/mol. The highest BCUT2D eigenvalue weighted by Crippen LogP contribution is 2.16. The molecule has 2 aromatic heterocycles. The van der Waals surface area contributed by atoms with Crippen molar-refractivity contribution in [2.75, 3.05) is 6.54 Å². The Balaban J connectivity index is 1.35. The maximum absolute atomic E-state index is 4.92. The van der Waals surface area contributed by atoms with Crippen LogP contribution in [0, 0.1) is 6.92 Å². The molecule has 0 saturated heterocycles. The van der Waals surface area contributed by atoms with E-state index in [2.05, 4.69) is 121 Å². The number of aromatic nitrogens is 4. The standard InChI is InChI=1S/C29H28BrN5/c1-22-6-8-24(9-7-22)18-35-21-31-33-29(35)20-34(17-16-23-10-13-26(30)14-11-23)19-27-15-12-25-4-2-3-5-28(25)32-27/h2-15,21H,16-20H2,1H3. The predicted molar refractivity (Wildman–Crippen MR) is 144 cm³/mol.